The van der Waals surface area contributed by atoms with Crippen molar-refractivity contribution in [2.24, 2.45) is 0 Å². The first-order chi connectivity index (χ1) is 14.1. The van der Waals surface area contributed by atoms with E-state index in [4.69, 9.17) is 9.47 Å². The SMILES string of the molecule is CCN(C[C@H]1COc2ccccc2O1)C(=O)NCc1ccc(N(CC)CC)nc1. The lowest BCUT2D eigenvalue weighted by Crippen LogP contribution is -2.47. The molecule has 0 fully saturated rings. The highest BCUT2D eigenvalue weighted by atomic mass is 16.6. The molecule has 29 heavy (non-hydrogen) atoms. The number of benzene rings is 1. The Morgan fingerprint density at radius 2 is 1.86 bits per heavy atom. The molecule has 0 saturated carbocycles. The minimum atomic E-state index is -0.189. The molecule has 1 aromatic carbocycles. The van der Waals surface area contributed by atoms with E-state index in [2.05, 4.69) is 29.0 Å². The Balaban J connectivity index is 1.51. The van der Waals surface area contributed by atoms with Gasteiger partial charge in [-0.25, -0.2) is 9.78 Å². The third-order valence-corrected chi connectivity index (χ3v) is 5.00. The van der Waals surface area contributed by atoms with Gasteiger partial charge in [-0.2, -0.15) is 0 Å². The van der Waals surface area contributed by atoms with Gasteiger partial charge in [0.1, 0.15) is 12.4 Å². The Bertz CT molecular complexity index is 793. The molecule has 0 spiro atoms. The molecule has 3 rings (SSSR count). The van der Waals surface area contributed by atoms with Gasteiger partial charge in [0.05, 0.1) is 6.54 Å². The van der Waals surface area contributed by atoms with E-state index in [-0.39, 0.29) is 12.1 Å². The molecule has 1 aliphatic rings. The molecule has 0 aliphatic carbocycles. The highest BCUT2D eigenvalue weighted by Gasteiger charge is 2.24. The first-order valence-corrected chi connectivity index (χ1v) is 10.3. The second-order valence-electron chi connectivity index (χ2n) is 6.89. The Labute approximate surface area is 172 Å². The van der Waals surface area contributed by atoms with E-state index in [1.165, 1.54) is 0 Å². The molecule has 7 heteroatoms. The predicted octanol–water partition coefficient (Wildman–Crippen LogP) is 3.30. The number of hydrogen-bond acceptors (Lipinski definition) is 5. The van der Waals surface area contributed by atoms with Crippen LogP contribution in [-0.2, 0) is 6.54 Å². The molecule has 0 radical (unpaired) electrons. The van der Waals surface area contributed by atoms with E-state index >= 15 is 0 Å². The summed E-state index contributed by atoms with van der Waals surface area (Å²) in [7, 11) is 0. The van der Waals surface area contributed by atoms with Crippen molar-refractivity contribution >= 4 is 11.8 Å². The molecule has 7 nitrogen and oxygen atoms in total. The Morgan fingerprint density at radius 1 is 1.10 bits per heavy atom. The van der Waals surface area contributed by atoms with Crippen molar-refractivity contribution in [3.8, 4) is 11.5 Å². The largest absolute Gasteiger partial charge is 0.486 e. The maximum Gasteiger partial charge on any atom is 0.317 e. The molecule has 2 heterocycles. The second-order valence-corrected chi connectivity index (χ2v) is 6.89. The fraction of sp³-hybridized carbons (Fsp3) is 0.455. The number of likely N-dealkylation sites (N-methyl/N-ethyl adjacent to an activating group) is 1. The third kappa shape index (κ3) is 5.31. The second kappa shape index (κ2) is 10.0. The van der Waals surface area contributed by atoms with Crippen molar-refractivity contribution in [2.75, 3.05) is 37.7 Å². The number of rotatable bonds is 8. The molecule has 0 bridgehead atoms. The molecule has 2 amide bonds. The minimum absolute atomic E-state index is 0.122. The molecule has 1 atom stereocenters. The highest BCUT2D eigenvalue weighted by molar-refractivity contribution is 5.74. The van der Waals surface area contributed by atoms with Crippen LogP contribution in [0.4, 0.5) is 10.6 Å². The van der Waals surface area contributed by atoms with Crippen LogP contribution in [0.15, 0.2) is 42.6 Å². The van der Waals surface area contributed by atoms with Gasteiger partial charge in [-0.05, 0) is 44.5 Å². The zero-order chi connectivity index (χ0) is 20.6. The summed E-state index contributed by atoms with van der Waals surface area (Å²) < 4.78 is 11.7. The average Bonchev–Trinajstić information content (AvgIpc) is 2.77. The van der Waals surface area contributed by atoms with Crippen molar-refractivity contribution in [3.05, 3.63) is 48.2 Å². The summed E-state index contributed by atoms with van der Waals surface area (Å²) in [6.45, 7) is 9.94. The molecule has 1 N–H and O–H groups in total. The van der Waals surface area contributed by atoms with Gasteiger partial charge < -0.3 is 24.6 Å². The number of amides is 2. The summed E-state index contributed by atoms with van der Waals surface area (Å²) in [4.78, 5) is 21.0. The number of pyridine rings is 1. The van der Waals surface area contributed by atoms with E-state index in [0.29, 0.717) is 26.2 Å². The van der Waals surface area contributed by atoms with Crippen LogP contribution in [0.25, 0.3) is 0 Å². The number of carbonyl (C=O) groups is 1. The van der Waals surface area contributed by atoms with Crippen LogP contribution in [0.3, 0.4) is 0 Å². The number of anilines is 1. The predicted molar refractivity (Wildman–Crippen MR) is 114 cm³/mol. The van der Waals surface area contributed by atoms with E-state index in [1.54, 1.807) is 4.90 Å². The first-order valence-electron chi connectivity index (χ1n) is 10.3. The number of nitrogens with one attached hydrogen (secondary N) is 1. The van der Waals surface area contributed by atoms with Crippen LogP contribution in [-0.4, -0.2) is 54.8 Å². The molecule has 2 aromatic rings. The molecular weight excluding hydrogens is 368 g/mol. The monoisotopic (exact) mass is 398 g/mol. The smallest absolute Gasteiger partial charge is 0.317 e. The summed E-state index contributed by atoms with van der Waals surface area (Å²) in [5.74, 6) is 2.42. The van der Waals surface area contributed by atoms with Gasteiger partial charge in [-0.15, -0.1) is 0 Å². The fourth-order valence-corrected chi connectivity index (χ4v) is 3.30. The average molecular weight is 399 g/mol. The van der Waals surface area contributed by atoms with Crippen molar-refractivity contribution in [2.45, 2.75) is 33.4 Å². The molecule has 1 aromatic heterocycles. The normalized spacial score (nSPS) is 14.9. The number of nitrogens with zero attached hydrogens (tertiary/aromatic N) is 3. The van der Waals surface area contributed by atoms with Gasteiger partial charge in [0.2, 0.25) is 0 Å². The van der Waals surface area contributed by atoms with Gasteiger partial charge >= 0.3 is 6.03 Å². The summed E-state index contributed by atoms with van der Waals surface area (Å²) in [6.07, 6.45) is 1.63. The van der Waals surface area contributed by atoms with Gasteiger partial charge in [0.15, 0.2) is 17.6 Å². The number of urea groups is 1. The number of hydrogen-bond donors (Lipinski definition) is 1. The topological polar surface area (TPSA) is 66.9 Å². The highest BCUT2D eigenvalue weighted by Crippen LogP contribution is 2.31. The Hall–Kier alpha value is -2.96. The van der Waals surface area contributed by atoms with Crippen LogP contribution >= 0.6 is 0 Å². The minimum Gasteiger partial charge on any atom is -0.486 e. The van der Waals surface area contributed by atoms with Crippen LogP contribution in [0.2, 0.25) is 0 Å². The molecule has 0 unspecified atom stereocenters. The maximum absolute atomic E-state index is 12.6. The maximum atomic E-state index is 12.6. The molecule has 156 valence electrons. The lowest BCUT2D eigenvalue weighted by molar-refractivity contribution is 0.0675. The zero-order valence-corrected chi connectivity index (χ0v) is 17.4. The van der Waals surface area contributed by atoms with E-state index in [9.17, 15) is 4.79 Å². The Kier molecular flexibility index (Phi) is 7.16. The van der Waals surface area contributed by atoms with Gasteiger partial charge in [-0.3, -0.25) is 0 Å². The standard InChI is InChI=1S/C22H30N4O3/c1-4-25(5-2)21-12-11-17(13-23-21)14-24-22(27)26(6-3)15-18-16-28-19-9-7-8-10-20(19)29-18/h7-13,18H,4-6,14-16H2,1-3H3,(H,24,27)/t18-/m0/s1. The van der Waals surface area contributed by atoms with Crippen molar-refractivity contribution < 1.29 is 14.3 Å². The fourth-order valence-electron chi connectivity index (χ4n) is 3.30. The summed E-state index contributed by atoms with van der Waals surface area (Å²) in [5.41, 5.74) is 0.969. The van der Waals surface area contributed by atoms with E-state index < -0.39 is 0 Å². The summed E-state index contributed by atoms with van der Waals surface area (Å²) in [5, 5.41) is 2.97. The summed E-state index contributed by atoms with van der Waals surface area (Å²) in [6, 6.07) is 11.5. The first kappa shape index (κ1) is 20.8. The van der Waals surface area contributed by atoms with Crippen molar-refractivity contribution in [1.29, 1.82) is 0 Å². The number of para-hydroxylation sites is 2. The van der Waals surface area contributed by atoms with E-state index in [1.807, 2.05) is 49.5 Å². The van der Waals surface area contributed by atoms with Crippen LogP contribution < -0.4 is 19.7 Å². The quantitative estimate of drug-likeness (QED) is 0.739. The number of fused-ring (bicyclic) bond motifs is 1. The van der Waals surface area contributed by atoms with Crippen LogP contribution in [0.1, 0.15) is 26.3 Å². The van der Waals surface area contributed by atoms with Crippen LogP contribution in [0.5, 0.6) is 11.5 Å². The number of aromatic nitrogens is 1. The van der Waals surface area contributed by atoms with Gasteiger partial charge in [-0.1, -0.05) is 18.2 Å². The molecule has 0 saturated heterocycles. The number of carbonyl (C=O) groups excluding carboxylic acids is 1. The molecule has 1 aliphatic heterocycles. The Morgan fingerprint density at radius 3 is 2.52 bits per heavy atom. The third-order valence-electron chi connectivity index (χ3n) is 5.00. The zero-order valence-electron chi connectivity index (χ0n) is 17.4. The molecular formula is C22H30N4O3. The van der Waals surface area contributed by atoms with Crippen molar-refractivity contribution in [1.82, 2.24) is 15.2 Å². The lowest BCUT2D eigenvalue weighted by atomic mass is 10.2. The van der Waals surface area contributed by atoms with Gasteiger partial charge in [0.25, 0.3) is 0 Å². The number of ether oxygens (including phenoxy) is 2. The van der Waals surface area contributed by atoms with Gasteiger partial charge in [0, 0.05) is 32.4 Å². The van der Waals surface area contributed by atoms with Crippen LogP contribution in [0, 0.1) is 0 Å². The van der Waals surface area contributed by atoms with E-state index in [0.717, 1.165) is 36.0 Å². The lowest BCUT2D eigenvalue weighted by Gasteiger charge is -2.31. The van der Waals surface area contributed by atoms with Crippen molar-refractivity contribution in [3.63, 3.8) is 0 Å². The summed E-state index contributed by atoms with van der Waals surface area (Å²) >= 11 is 0.